The van der Waals surface area contributed by atoms with Crippen LogP contribution in [0.4, 0.5) is 0 Å². The largest absolute Gasteiger partial charge is 0.378 e. The van der Waals surface area contributed by atoms with Gasteiger partial charge in [0.15, 0.2) is 0 Å². The van der Waals surface area contributed by atoms with Crippen LogP contribution >= 0.6 is 27.3 Å². The maximum atomic E-state index is 5.62. The summed E-state index contributed by atoms with van der Waals surface area (Å²) in [7, 11) is 0. The van der Waals surface area contributed by atoms with Crippen LogP contribution in [0.2, 0.25) is 0 Å². The monoisotopic (exact) mass is 330 g/mol. The molecule has 1 saturated carbocycles. The Bertz CT molecular complexity index is 394. The molecule has 100 valence electrons. The molecule has 0 aromatic carbocycles. The van der Waals surface area contributed by atoms with Crippen LogP contribution in [-0.2, 0) is 11.3 Å². The average molecular weight is 331 g/mol. The fraction of sp³-hybridized carbons (Fsp3) is 0.692. The van der Waals surface area contributed by atoms with Gasteiger partial charge in [0.1, 0.15) is 0 Å². The number of rotatable bonds is 5. The second-order valence-electron chi connectivity index (χ2n) is 5.07. The van der Waals surface area contributed by atoms with Gasteiger partial charge < -0.3 is 10.1 Å². The summed E-state index contributed by atoms with van der Waals surface area (Å²) in [4.78, 5) is 3.98. The van der Waals surface area contributed by atoms with Gasteiger partial charge in [-0.05, 0) is 40.2 Å². The van der Waals surface area contributed by atoms with Crippen LogP contribution in [0.25, 0.3) is 0 Å². The van der Waals surface area contributed by atoms with Gasteiger partial charge in [-0.3, -0.25) is 4.90 Å². The zero-order valence-electron chi connectivity index (χ0n) is 10.4. The van der Waals surface area contributed by atoms with E-state index in [1.165, 1.54) is 22.2 Å². The number of hydrogen-bond acceptors (Lipinski definition) is 4. The summed E-state index contributed by atoms with van der Waals surface area (Å²) < 4.78 is 6.87. The lowest BCUT2D eigenvalue weighted by molar-refractivity contribution is -0.0106. The third-order valence-electron chi connectivity index (χ3n) is 3.61. The molecule has 1 unspecified atom stereocenters. The Labute approximate surface area is 121 Å². The molecule has 1 aromatic rings. The van der Waals surface area contributed by atoms with Crippen molar-refractivity contribution in [1.29, 1.82) is 0 Å². The highest BCUT2D eigenvalue weighted by Gasteiger charge is 2.27. The first kappa shape index (κ1) is 13.1. The van der Waals surface area contributed by atoms with Crippen LogP contribution in [-0.4, -0.2) is 43.3 Å². The minimum atomic E-state index is 0.522. The van der Waals surface area contributed by atoms with Crippen molar-refractivity contribution in [3.05, 3.63) is 20.8 Å². The Morgan fingerprint density at radius 2 is 2.39 bits per heavy atom. The topological polar surface area (TPSA) is 24.5 Å². The Morgan fingerprint density at radius 1 is 1.50 bits per heavy atom. The number of nitrogens with one attached hydrogen (secondary N) is 1. The Hall–Kier alpha value is 0.0600. The average Bonchev–Trinajstić information content (AvgIpc) is 3.13. The molecule has 1 aliphatic carbocycles. The third-order valence-corrected chi connectivity index (χ3v) is 5.52. The molecule has 2 fully saturated rings. The fourth-order valence-corrected chi connectivity index (χ4v) is 3.80. The highest BCUT2D eigenvalue weighted by Crippen LogP contribution is 2.26. The van der Waals surface area contributed by atoms with Crippen LogP contribution in [0.1, 0.15) is 17.7 Å². The molecule has 18 heavy (non-hydrogen) atoms. The lowest BCUT2D eigenvalue weighted by Crippen LogP contribution is -2.50. The summed E-state index contributed by atoms with van der Waals surface area (Å²) in [6, 6.07) is 3.44. The first-order chi connectivity index (χ1) is 8.83. The van der Waals surface area contributed by atoms with Crippen LogP contribution in [0.15, 0.2) is 15.9 Å². The van der Waals surface area contributed by atoms with Gasteiger partial charge in [-0.15, -0.1) is 11.3 Å². The van der Waals surface area contributed by atoms with Crippen LogP contribution in [0, 0.1) is 0 Å². The molecule has 0 amide bonds. The zero-order valence-corrected chi connectivity index (χ0v) is 12.8. The maximum Gasteiger partial charge on any atom is 0.0635 e. The summed E-state index contributed by atoms with van der Waals surface area (Å²) in [6.07, 6.45) is 2.70. The molecule has 1 aliphatic heterocycles. The number of morpholine rings is 1. The van der Waals surface area contributed by atoms with Crippen molar-refractivity contribution in [2.75, 3.05) is 26.3 Å². The van der Waals surface area contributed by atoms with Crippen LogP contribution in [0.5, 0.6) is 0 Å². The summed E-state index contributed by atoms with van der Waals surface area (Å²) in [5.74, 6) is 0. The molecule has 1 saturated heterocycles. The number of ether oxygens (including phenoxy) is 1. The van der Waals surface area contributed by atoms with E-state index in [2.05, 4.69) is 37.6 Å². The van der Waals surface area contributed by atoms with Gasteiger partial charge >= 0.3 is 0 Å². The van der Waals surface area contributed by atoms with E-state index in [4.69, 9.17) is 4.74 Å². The Kier molecular flexibility index (Phi) is 4.36. The Balaban J connectivity index is 1.58. The van der Waals surface area contributed by atoms with Crippen LogP contribution < -0.4 is 5.32 Å². The number of thiophene rings is 1. The van der Waals surface area contributed by atoms with Crippen molar-refractivity contribution in [2.45, 2.75) is 31.5 Å². The van der Waals surface area contributed by atoms with Crippen molar-refractivity contribution >= 4 is 27.3 Å². The lowest BCUT2D eigenvalue weighted by Gasteiger charge is -2.35. The van der Waals surface area contributed by atoms with Gasteiger partial charge in [0.2, 0.25) is 0 Å². The standard InChI is InChI=1S/C13H19BrN2OS/c14-12-3-6-18-13(12)8-16-4-5-17-9-11(16)7-15-10-1-2-10/h3,6,10-11,15H,1-2,4-5,7-9H2. The predicted molar refractivity (Wildman–Crippen MR) is 78.1 cm³/mol. The predicted octanol–water partition coefficient (Wildman–Crippen LogP) is 2.46. The first-order valence-corrected chi connectivity index (χ1v) is 8.27. The van der Waals surface area contributed by atoms with Gasteiger partial charge in [-0.2, -0.15) is 0 Å². The van der Waals surface area contributed by atoms with Gasteiger partial charge in [0.25, 0.3) is 0 Å². The van der Waals surface area contributed by atoms with Crippen molar-refractivity contribution in [3.63, 3.8) is 0 Å². The molecule has 0 spiro atoms. The molecule has 0 bridgehead atoms. The molecule has 0 radical (unpaired) electrons. The first-order valence-electron chi connectivity index (χ1n) is 6.60. The van der Waals surface area contributed by atoms with E-state index in [9.17, 15) is 0 Å². The molecule has 1 aromatic heterocycles. The number of hydrogen-bond donors (Lipinski definition) is 1. The van der Waals surface area contributed by atoms with Crippen molar-refractivity contribution in [3.8, 4) is 0 Å². The summed E-state index contributed by atoms with van der Waals surface area (Å²) in [5, 5.41) is 5.77. The van der Waals surface area contributed by atoms with Gasteiger partial charge in [-0.25, -0.2) is 0 Å². The molecular formula is C13H19BrN2OS. The summed E-state index contributed by atoms with van der Waals surface area (Å²) in [6.45, 7) is 4.87. The number of halogens is 1. The van der Waals surface area contributed by atoms with Gasteiger partial charge in [0, 0.05) is 41.1 Å². The van der Waals surface area contributed by atoms with E-state index in [0.29, 0.717) is 6.04 Å². The zero-order chi connectivity index (χ0) is 12.4. The van der Waals surface area contributed by atoms with Gasteiger partial charge in [0.05, 0.1) is 13.2 Å². The SMILES string of the molecule is Brc1ccsc1CN1CCOCC1CNC1CC1. The molecule has 3 rings (SSSR count). The second kappa shape index (κ2) is 6.01. The molecule has 5 heteroatoms. The molecular weight excluding hydrogens is 312 g/mol. The highest BCUT2D eigenvalue weighted by atomic mass is 79.9. The quantitative estimate of drug-likeness (QED) is 0.897. The second-order valence-corrected chi connectivity index (χ2v) is 6.93. The Morgan fingerprint density at radius 3 is 3.11 bits per heavy atom. The van der Waals surface area contributed by atoms with E-state index in [1.807, 2.05) is 11.3 Å². The highest BCUT2D eigenvalue weighted by molar-refractivity contribution is 9.10. The molecule has 2 heterocycles. The van der Waals surface area contributed by atoms with Crippen LogP contribution in [0.3, 0.4) is 0 Å². The minimum Gasteiger partial charge on any atom is -0.378 e. The van der Waals surface area contributed by atoms with E-state index in [1.54, 1.807) is 0 Å². The maximum absolute atomic E-state index is 5.62. The molecule has 2 aliphatic rings. The summed E-state index contributed by atoms with van der Waals surface area (Å²) >= 11 is 5.45. The number of nitrogens with zero attached hydrogens (tertiary/aromatic N) is 1. The van der Waals surface area contributed by atoms with Crippen molar-refractivity contribution < 1.29 is 4.74 Å². The lowest BCUT2D eigenvalue weighted by atomic mass is 10.2. The smallest absolute Gasteiger partial charge is 0.0635 e. The molecule has 1 atom stereocenters. The van der Waals surface area contributed by atoms with Gasteiger partial charge in [-0.1, -0.05) is 0 Å². The summed E-state index contributed by atoms with van der Waals surface area (Å²) in [5.41, 5.74) is 0. The van der Waals surface area contributed by atoms with E-state index < -0.39 is 0 Å². The van der Waals surface area contributed by atoms with E-state index >= 15 is 0 Å². The van der Waals surface area contributed by atoms with E-state index in [-0.39, 0.29) is 0 Å². The van der Waals surface area contributed by atoms with Crippen molar-refractivity contribution in [2.24, 2.45) is 0 Å². The minimum absolute atomic E-state index is 0.522. The normalized spacial score (nSPS) is 25.5. The van der Waals surface area contributed by atoms with E-state index in [0.717, 1.165) is 38.9 Å². The van der Waals surface area contributed by atoms with Crippen molar-refractivity contribution in [1.82, 2.24) is 10.2 Å². The fourth-order valence-electron chi connectivity index (χ4n) is 2.30. The molecule has 3 nitrogen and oxygen atoms in total. The molecule has 1 N–H and O–H groups in total. The third kappa shape index (κ3) is 3.33.